The van der Waals surface area contributed by atoms with Crippen LogP contribution in [0.3, 0.4) is 0 Å². The highest BCUT2D eigenvalue weighted by molar-refractivity contribution is 7.99. The third kappa shape index (κ3) is 3.81. The predicted octanol–water partition coefficient (Wildman–Crippen LogP) is 2.12. The monoisotopic (exact) mass is 300 g/mol. The second-order valence-corrected chi connectivity index (χ2v) is 6.84. The fourth-order valence-electron chi connectivity index (χ4n) is 3.11. The van der Waals surface area contributed by atoms with Crippen LogP contribution in [0.5, 0.6) is 0 Å². The van der Waals surface area contributed by atoms with Gasteiger partial charge in [0.25, 0.3) is 0 Å². The Bertz CT molecular complexity index is 364. The Kier molecular flexibility index (Phi) is 5.57. The average molecular weight is 300 g/mol. The van der Waals surface area contributed by atoms with Crippen LogP contribution in [0.25, 0.3) is 0 Å². The Morgan fingerprint density at radius 1 is 1.35 bits per heavy atom. The van der Waals surface area contributed by atoms with Crippen LogP contribution in [-0.4, -0.2) is 64.1 Å². The highest BCUT2D eigenvalue weighted by atomic mass is 32.2. The van der Waals surface area contributed by atoms with Crippen LogP contribution >= 0.6 is 11.8 Å². The average Bonchev–Trinajstić information content (AvgIpc) is 2.87. The fourth-order valence-corrected chi connectivity index (χ4v) is 4.17. The fraction of sp³-hybridized carbons (Fsp3) is 0.857. The molecule has 2 fully saturated rings. The lowest BCUT2D eigenvalue weighted by molar-refractivity contribution is -0.138. The summed E-state index contributed by atoms with van der Waals surface area (Å²) in [6, 6.07) is -0.0980. The minimum Gasteiger partial charge on any atom is -0.481 e. The molecule has 2 heterocycles. The lowest BCUT2D eigenvalue weighted by Crippen LogP contribution is -2.52. The first-order valence-corrected chi connectivity index (χ1v) is 8.62. The van der Waals surface area contributed by atoms with Crippen molar-refractivity contribution in [2.45, 2.75) is 38.6 Å². The van der Waals surface area contributed by atoms with Crippen LogP contribution in [0.4, 0.5) is 4.79 Å². The summed E-state index contributed by atoms with van der Waals surface area (Å²) in [4.78, 5) is 27.2. The Labute approximate surface area is 124 Å². The van der Waals surface area contributed by atoms with Crippen molar-refractivity contribution in [2.75, 3.05) is 31.1 Å². The van der Waals surface area contributed by atoms with Gasteiger partial charge in [0.05, 0.1) is 12.5 Å². The number of carboxylic acids is 1. The number of aliphatic carboxylic acids is 1. The summed E-state index contributed by atoms with van der Waals surface area (Å²) in [7, 11) is 0. The van der Waals surface area contributed by atoms with E-state index in [2.05, 4.69) is 6.92 Å². The van der Waals surface area contributed by atoms with Crippen molar-refractivity contribution in [1.29, 1.82) is 0 Å². The first kappa shape index (κ1) is 15.5. The highest BCUT2D eigenvalue weighted by Crippen LogP contribution is 2.25. The van der Waals surface area contributed by atoms with Crippen molar-refractivity contribution < 1.29 is 14.7 Å². The van der Waals surface area contributed by atoms with Crippen molar-refractivity contribution in [1.82, 2.24) is 9.80 Å². The zero-order valence-corrected chi connectivity index (χ0v) is 12.9. The molecule has 2 aliphatic heterocycles. The molecule has 2 aliphatic rings. The van der Waals surface area contributed by atoms with Gasteiger partial charge < -0.3 is 14.9 Å². The van der Waals surface area contributed by atoms with Crippen LogP contribution in [0.2, 0.25) is 0 Å². The van der Waals surface area contributed by atoms with Gasteiger partial charge >= 0.3 is 12.0 Å². The molecule has 2 rings (SSSR count). The van der Waals surface area contributed by atoms with Gasteiger partial charge in [-0.05, 0) is 18.8 Å². The van der Waals surface area contributed by atoms with E-state index in [1.165, 1.54) is 6.42 Å². The van der Waals surface area contributed by atoms with Crippen LogP contribution in [0.1, 0.15) is 32.6 Å². The molecule has 6 heteroatoms. The summed E-state index contributed by atoms with van der Waals surface area (Å²) in [6.07, 6.45) is 3.49. The number of amides is 2. The van der Waals surface area contributed by atoms with Gasteiger partial charge in [-0.15, -0.1) is 0 Å². The van der Waals surface area contributed by atoms with E-state index in [4.69, 9.17) is 5.11 Å². The van der Waals surface area contributed by atoms with Gasteiger partial charge in [0.2, 0.25) is 0 Å². The highest BCUT2D eigenvalue weighted by Gasteiger charge is 2.34. The van der Waals surface area contributed by atoms with E-state index in [9.17, 15) is 9.59 Å². The molecule has 0 radical (unpaired) electrons. The van der Waals surface area contributed by atoms with Gasteiger partial charge in [-0.3, -0.25) is 4.79 Å². The number of thioether (sulfide) groups is 1. The van der Waals surface area contributed by atoms with Crippen molar-refractivity contribution in [3.63, 3.8) is 0 Å². The molecule has 2 unspecified atom stereocenters. The molecule has 0 bridgehead atoms. The second-order valence-electron chi connectivity index (χ2n) is 5.69. The molecule has 5 nitrogen and oxygen atoms in total. The van der Waals surface area contributed by atoms with Gasteiger partial charge in [-0.1, -0.05) is 13.3 Å². The van der Waals surface area contributed by atoms with E-state index in [0.717, 1.165) is 37.4 Å². The zero-order valence-electron chi connectivity index (χ0n) is 12.1. The molecule has 0 spiro atoms. The van der Waals surface area contributed by atoms with E-state index in [0.29, 0.717) is 12.5 Å². The quantitative estimate of drug-likeness (QED) is 0.864. The van der Waals surface area contributed by atoms with Crippen molar-refractivity contribution >= 4 is 23.8 Å². The predicted molar refractivity (Wildman–Crippen MR) is 80.1 cm³/mol. The topological polar surface area (TPSA) is 60.9 Å². The number of urea groups is 1. The summed E-state index contributed by atoms with van der Waals surface area (Å²) >= 11 is 1.74. The van der Waals surface area contributed by atoms with Gasteiger partial charge in [-0.2, -0.15) is 11.8 Å². The van der Waals surface area contributed by atoms with Gasteiger partial charge in [0.15, 0.2) is 0 Å². The van der Waals surface area contributed by atoms with E-state index >= 15 is 0 Å². The zero-order chi connectivity index (χ0) is 14.5. The maximum absolute atomic E-state index is 12.6. The van der Waals surface area contributed by atoms with Crippen LogP contribution in [0.15, 0.2) is 0 Å². The molecule has 2 atom stereocenters. The van der Waals surface area contributed by atoms with E-state index in [1.807, 2.05) is 4.90 Å². The minimum atomic E-state index is -0.819. The summed E-state index contributed by atoms with van der Waals surface area (Å²) in [5.74, 6) is 1.46. The summed E-state index contributed by atoms with van der Waals surface area (Å²) in [5, 5.41) is 8.98. The number of hydrogen-bond donors (Lipinski definition) is 1. The van der Waals surface area contributed by atoms with E-state index < -0.39 is 5.97 Å². The van der Waals surface area contributed by atoms with Gasteiger partial charge in [0.1, 0.15) is 0 Å². The van der Waals surface area contributed by atoms with Crippen LogP contribution in [0, 0.1) is 5.92 Å². The molecule has 0 aromatic rings. The number of rotatable bonds is 4. The van der Waals surface area contributed by atoms with Gasteiger partial charge in [-0.25, -0.2) is 4.79 Å². The first-order chi connectivity index (χ1) is 9.61. The summed E-state index contributed by atoms with van der Waals surface area (Å²) < 4.78 is 0. The van der Waals surface area contributed by atoms with Crippen molar-refractivity contribution in [3.8, 4) is 0 Å². The normalized spacial score (nSPS) is 26.9. The number of hydrogen-bond acceptors (Lipinski definition) is 3. The molecule has 0 aromatic heterocycles. The molecular formula is C14H24N2O3S. The summed E-state index contributed by atoms with van der Waals surface area (Å²) in [6.45, 7) is 4.52. The lowest BCUT2D eigenvalue weighted by Gasteiger charge is -2.37. The first-order valence-electron chi connectivity index (χ1n) is 7.47. The lowest BCUT2D eigenvalue weighted by atomic mass is 10.0. The number of carboxylic acid groups (broad SMARTS) is 1. The molecule has 1 N–H and O–H groups in total. The third-order valence-corrected chi connectivity index (χ3v) is 5.23. The number of likely N-dealkylation sites (tertiary alicyclic amines) is 1. The van der Waals surface area contributed by atoms with Crippen molar-refractivity contribution in [3.05, 3.63) is 0 Å². The summed E-state index contributed by atoms with van der Waals surface area (Å²) in [5.41, 5.74) is 0. The Balaban J connectivity index is 1.94. The minimum absolute atomic E-state index is 0.0511. The smallest absolute Gasteiger partial charge is 0.320 e. The third-order valence-electron chi connectivity index (χ3n) is 4.14. The molecule has 0 saturated carbocycles. The Hall–Kier alpha value is -0.910. The maximum Gasteiger partial charge on any atom is 0.320 e. The Morgan fingerprint density at radius 2 is 2.15 bits per heavy atom. The largest absolute Gasteiger partial charge is 0.481 e. The molecule has 0 aliphatic carbocycles. The number of carbonyl (C=O) groups is 2. The van der Waals surface area contributed by atoms with Crippen LogP contribution < -0.4 is 0 Å². The Morgan fingerprint density at radius 3 is 2.85 bits per heavy atom. The number of nitrogens with zero attached hydrogens (tertiary/aromatic N) is 2. The second kappa shape index (κ2) is 7.20. The van der Waals surface area contributed by atoms with E-state index in [1.54, 1.807) is 16.7 Å². The standard InChI is InChI=1S/C14H24N2O3S/c1-2-3-11-4-5-15(9-11)14(19)16-6-7-20-10-12(16)8-13(17)18/h11-12H,2-10H2,1H3,(H,17,18). The van der Waals surface area contributed by atoms with Crippen molar-refractivity contribution in [2.24, 2.45) is 5.92 Å². The molecule has 20 heavy (non-hydrogen) atoms. The number of carbonyl (C=O) groups excluding carboxylic acids is 1. The molecule has 114 valence electrons. The molecule has 0 aromatic carbocycles. The maximum atomic E-state index is 12.6. The molecule has 2 amide bonds. The molecular weight excluding hydrogens is 276 g/mol. The van der Waals surface area contributed by atoms with E-state index in [-0.39, 0.29) is 18.5 Å². The molecule has 2 saturated heterocycles. The van der Waals surface area contributed by atoms with Crippen LogP contribution in [-0.2, 0) is 4.79 Å². The SMILES string of the molecule is CCCC1CCN(C(=O)N2CCSCC2CC(=O)O)C1. The van der Waals surface area contributed by atoms with Gasteiger partial charge in [0, 0.05) is 31.1 Å².